The molecule has 1 aromatic heterocycles. The van der Waals surface area contributed by atoms with Crippen LogP contribution in [0, 0.1) is 6.92 Å². The first-order valence-electron chi connectivity index (χ1n) is 7.10. The molecule has 20 heavy (non-hydrogen) atoms. The van der Waals surface area contributed by atoms with Gasteiger partial charge in [0.15, 0.2) is 0 Å². The summed E-state index contributed by atoms with van der Waals surface area (Å²) in [5.41, 5.74) is 1.96. The summed E-state index contributed by atoms with van der Waals surface area (Å²) in [5, 5.41) is 2.81. The van der Waals surface area contributed by atoms with Crippen molar-refractivity contribution in [3.8, 4) is 0 Å². The molecule has 0 aliphatic carbocycles. The van der Waals surface area contributed by atoms with Gasteiger partial charge in [0.25, 0.3) is 0 Å². The molecule has 0 spiro atoms. The second-order valence-corrected chi connectivity index (χ2v) is 5.19. The van der Waals surface area contributed by atoms with Gasteiger partial charge in [-0.15, -0.1) is 0 Å². The molecule has 1 saturated heterocycles. The van der Waals surface area contributed by atoms with E-state index >= 15 is 0 Å². The third kappa shape index (κ3) is 3.35. The van der Waals surface area contributed by atoms with Crippen LogP contribution in [0.25, 0.3) is 0 Å². The van der Waals surface area contributed by atoms with E-state index < -0.39 is 0 Å². The summed E-state index contributed by atoms with van der Waals surface area (Å²) in [4.78, 5) is 30.2. The fourth-order valence-electron chi connectivity index (χ4n) is 2.40. The summed E-state index contributed by atoms with van der Waals surface area (Å²) in [6.45, 7) is 4.93. The van der Waals surface area contributed by atoms with Crippen molar-refractivity contribution in [2.45, 2.75) is 45.7 Å². The van der Waals surface area contributed by atoms with Gasteiger partial charge in [-0.2, -0.15) is 0 Å². The summed E-state index contributed by atoms with van der Waals surface area (Å²) in [6, 6.07) is 3.48. The van der Waals surface area contributed by atoms with E-state index in [4.69, 9.17) is 0 Å². The minimum absolute atomic E-state index is 0.00255. The lowest BCUT2D eigenvalue weighted by Gasteiger charge is -2.24. The van der Waals surface area contributed by atoms with Crippen LogP contribution in [-0.2, 0) is 16.1 Å². The Morgan fingerprint density at radius 1 is 1.45 bits per heavy atom. The van der Waals surface area contributed by atoms with E-state index in [9.17, 15) is 9.59 Å². The van der Waals surface area contributed by atoms with Gasteiger partial charge in [0.1, 0.15) is 6.04 Å². The van der Waals surface area contributed by atoms with Gasteiger partial charge in [-0.1, -0.05) is 19.4 Å². The minimum atomic E-state index is -0.390. The maximum atomic E-state index is 12.5. The van der Waals surface area contributed by atoms with Gasteiger partial charge in [-0.3, -0.25) is 14.6 Å². The first-order chi connectivity index (χ1) is 9.61. The molecule has 1 fully saturated rings. The molecule has 0 aromatic carbocycles. The molecule has 0 radical (unpaired) electrons. The van der Waals surface area contributed by atoms with Crippen molar-refractivity contribution in [3.05, 3.63) is 29.6 Å². The van der Waals surface area contributed by atoms with Crippen LogP contribution in [0.15, 0.2) is 18.3 Å². The van der Waals surface area contributed by atoms with Crippen LogP contribution in [0.3, 0.4) is 0 Å². The number of aryl methyl sites for hydroxylation is 1. The number of amides is 2. The van der Waals surface area contributed by atoms with Crippen molar-refractivity contribution in [1.29, 1.82) is 0 Å². The highest BCUT2D eigenvalue weighted by Gasteiger charge is 2.29. The number of carbonyl (C=O) groups is 2. The van der Waals surface area contributed by atoms with Gasteiger partial charge in [-0.25, -0.2) is 0 Å². The molecule has 5 nitrogen and oxygen atoms in total. The van der Waals surface area contributed by atoms with Crippen LogP contribution in [0.4, 0.5) is 0 Å². The van der Waals surface area contributed by atoms with Crippen molar-refractivity contribution in [1.82, 2.24) is 15.2 Å². The second-order valence-electron chi connectivity index (χ2n) is 5.19. The summed E-state index contributed by atoms with van der Waals surface area (Å²) >= 11 is 0. The highest BCUT2D eigenvalue weighted by Crippen LogP contribution is 2.13. The zero-order valence-corrected chi connectivity index (χ0v) is 12.1. The molecule has 0 bridgehead atoms. The Morgan fingerprint density at radius 3 is 2.95 bits per heavy atom. The number of rotatable bonds is 4. The zero-order valence-electron chi connectivity index (χ0n) is 12.1. The van der Waals surface area contributed by atoms with Gasteiger partial charge in [-0.05, 0) is 25.0 Å². The van der Waals surface area contributed by atoms with E-state index in [0.29, 0.717) is 25.9 Å². The highest BCUT2D eigenvalue weighted by molar-refractivity contribution is 5.89. The lowest BCUT2D eigenvalue weighted by Crippen LogP contribution is -2.44. The smallest absolute Gasteiger partial charge is 0.245 e. The van der Waals surface area contributed by atoms with E-state index in [0.717, 1.165) is 17.7 Å². The van der Waals surface area contributed by atoms with E-state index in [1.165, 1.54) is 0 Å². The predicted molar refractivity (Wildman–Crippen MR) is 75.8 cm³/mol. The van der Waals surface area contributed by atoms with Crippen LogP contribution in [0.2, 0.25) is 0 Å². The number of nitrogens with zero attached hydrogens (tertiary/aromatic N) is 2. The molecule has 2 rings (SSSR count). The Morgan fingerprint density at radius 2 is 2.25 bits per heavy atom. The van der Waals surface area contributed by atoms with Crippen molar-refractivity contribution < 1.29 is 9.59 Å². The Bertz CT molecular complexity index is 502. The lowest BCUT2D eigenvalue weighted by molar-refractivity contribution is -0.134. The van der Waals surface area contributed by atoms with Gasteiger partial charge in [0, 0.05) is 19.2 Å². The molecule has 1 atom stereocenters. The quantitative estimate of drug-likeness (QED) is 0.903. The van der Waals surface area contributed by atoms with E-state index in [1.54, 1.807) is 11.1 Å². The normalized spacial score (nSPS) is 19.7. The summed E-state index contributed by atoms with van der Waals surface area (Å²) in [7, 11) is 0. The number of nitrogens with one attached hydrogen (secondary N) is 1. The van der Waals surface area contributed by atoms with Gasteiger partial charge < -0.3 is 10.2 Å². The molecule has 1 N–H and O–H groups in total. The van der Waals surface area contributed by atoms with E-state index in [-0.39, 0.29) is 17.9 Å². The van der Waals surface area contributed by atoms with Crippen LogP contribution in [0.1, 0.15) is 37.4 Å². The number of hydrogen-bond donors (Lipinski definition) is 1. The van der Waals surface area contributed by atoms with Crippen LogP contribution < -0.4 is 5.32 Å². The largest absolute Gasteiger partial charge is 0.344 e. The summed E-state index contributed by atoms with van der Waals surface area (Å²) in [5.74, 6) is -0.0419. The summed E-state index contributed by atoms with van der Waals surface area (Å²) in [6.07, 6.45) is 3.64. The van der Waals surface area contributed by atoms with Gasteiger partial charge >= 0.3 is 0 Å². The third-order valence-corrected chi connectivity index (χ3v) is 3.59. The lowest BCUT2D eigenvalue weighted by atomic mass is 10.1. The molecule has 0 saturated carbocycles. The average molecular weight is 275 g/mol. The Balaban J connectivity index is 2.15. The molecule has 108 valence electrons. The first-order valence-corrected chi connectivity index (χ1v) is 7.10. The monoisotopic (exact) mass is 275 g/mol. The van der Waals surface area contributed by atoms with Gasteiger partial charge in [0.05, 0.1) is 12.2 Å². The van der Waals surface area contributed by atoms with Crippen molar-refractivity contribution in [3.63, 3.8) is 0 Å². The van der Waals surface area contributed by atoms with Crippen LogP contribution >= 0.6 is 0 Å². The number of carbonyl (C=O) groups excluding carboxylic acids is 2. The maximum absolute atomic E-state index is 12.5. The minimum Gasteiger partial charge on any atom is -0.344 e. The highest BCUT2D eigenvalue weighted by atomic mass is 16.2. The first kappa shape index (κ1) is 14.5. The standard InChI is InChI=1S/C15H21N3O2/c1-3-5-12-15(20)18(9-7-14(19)17-12)10-13-11(2)6-4-8-16-13/h4,6,8,12H,3,5,7,9-10H2,1-2H3,(H,17,19). The van der Waals surface area contributed by atoms with Crippen molar-refractivity contribution >= 4 is 11.8 Å². The Kier molecular flexibility index (Phi) is 4.71. The molecule has 1 aliphatic rings. The van der Waals surface area contributed by atoms with E-state index in [1.807, 2.05) is 26.0 Å². The second kappa shape index (κ2) is 6.50. The molecule has 1 aliphatic heterocycles. The Labute approximate surface area is 119 Å². The molecule has 2 heterocycles. The molecule has 2 amide bonds. The molecular formula is C15H21N3O2. The maximum Gasteiger partial charge on any atom is 0.245 e. The fraction of sp³-hybridized carbons (Fsp3) is 0.533. The predicted octanol–water partition coefficient (Wildman–Crippen LogP) is 1.41. The van der Waals surface area contributed by atoms with Crippen molar-refractivity contribution in [2.24, 2.45) is 0 Å². The van der Waals surface area contributed by atoms with Gasteiger partial charge in [0.2, 0.25) is 11.8 Å². The topological polar surface area (TPSA) is 62.3 Å². The number of hydrogen-bond acceptors (Lipinski definition) is 3. The zero-order chi connectivity index (χ0) is 14.5. The molecular weight excluding hydrogens is 254 g/mol. The van der Waals surface area contributed by atoms with Crippen LogP contribution in [-0.4, -0.2) is 34.3 Å². The fourth-order valence-corrected chi connectivity index (χ4v) is 2.40. The van der Waals surface area contributed by atoms with E-state index in [2.05, 4.69) is 10.3 Å². The average Bonchev–Trinajstić information content (AvgIpc) is 2.55. The number of aromatic nitrogens is 1. The molecule has 5 heteroatoms. The Hall–Kier alpha value is -1.91. The molecule has 1 unspecified atom stereocenters. The summed E-state index contributed by atoms with van der Waals surface area (Å²) < 4.78 is 0. The third-order valence-electron chi connectivity index (χ3n) is 3.59. The number of pyridine rings is 1. The van der Waals surface area contributed by atoms with Crippen LogP contribution in [0.5, 0.6) is 0 Å². The molecule has 1 aromatic rings. The van der Waals surface area contributed by atoms with Crippen molar-refractivity contribution in [2.75, 3.05) is 6.54 Å². The SMILES string of the molecule is CCCC1NC(=O)CCN(Cc2ncccc2C)C1=O.